The number of aryl methyl sites for hydroxylation is 1. The van der Waals surface area contributed by atoms with E-state index in [0.717, 1.165) is 11.1 Å². The molecule has 0 N–H and O–H groups in total. The van der Waals surface area contributed by atoms with Crippen LogP contribution in [-0.4, -0.2) is 33.1 Å². The van der Waals surface area contributed by atoms with Crippen molar-refractivity contribution in [3.63, 3.8) is 0 Å². The highest BCUT2D eigenvalue weighted by Gasteiger charge is 2.26. The first-order valence-corrected chi connectivity index (χ1v) is 9.83. The average Bonchev–Trinajstić information content (AvgIpc) is 3.14. The second kappa shape index (κ2) is 9.09. The van der Waals surface area contributed by atoms with Crippen LogP contribution in [0, 0.1) is 6.92 Å². The van der Waals surface area contributed by atoms with Crippen LogP contribution in [0.3, 0.4) is 0 Å². The lowest BCUT2D eigenvalue weighted by Gasteiger charge is -2.28. The molecule has 6 nitrogen and oxygen atoms in total. The summed E-state index contributed by atoms with van der Waals surface area (Å²) in [6.45, 7) is 7.80. The van der Waals surface area contributed by atoms with Gasteiger partial charge in [-0.2, -0.15) is 4.98 Å². The smallest absolute Gasteiger partial charge is 0.264 e. The Morgan fingerprint density at radius 1 is 1.17 bits per heavy atom. The summed E-state index contributed by atoms with van der Waals surface area (Å²) in [6, 6.07) is 14.8. The fourth-order valence-electron chi connectivity index (χ4n) is 2.83. The number of hydrogen-bond donors (Lipinski definition) is 0. The monoisotopic (exact) mass is 413 g/mol. The molecule has 0 aliphatic heterocycles. The van der Waals surface area contributed by atoms with Gasteiger partial charge in [0.05, 0.1) is 0 Å². The van der Waals surface area contributed by atoms with Gasteiger partial charge in [-0.25, -0.2) is 0 Å². The number of amides is 1. The maximum absolute atomic E-state index is 13.0. The van der Waals surface area contributed by atoms with Gasteiger partial charge in [0.25, 0.3) is 5.91 Å². The van der Waals surface area contributed by atoms with Gasteiger partial charge in [-0.3, -0.25) is 4.79 Å². The van der Waals surface area contributed by atoms with Gasteiger partial charge in [-0.15, -0.1) is 0 Å². The predicted molar refractivity (Wildman–Crippen MR) is 112 cm³/mol. The van der Waals surface area contributed by atoms with Crippen LogP contribution in [0.25, 0.3) is 11.4 Å². The fraction of sp³-hybridized carbons (Fsp3) is 0.318. The molecule has 0 saturated heterocycles. The van der Waals surface area contributed by atoms with Gasteiger partial charge in [0, 0.05) is 16.6 Å². The number of nitrogens with zero attached hydrogens (tertiary/aromatic N) is 3. The zero-order chi connectivity index (χ0) is 21.0. The lowest BCUT2D eigenvalue weighted by molar-refractivity contribution is -0.140. The Kier molecular flexibility index (Phi) is 6.54. The second-order valence-electron chi connectivity index (χ2n) is 7.16. The Morgan fingerprint density at radius 2 is 1.90 bits per heavy atom. The summed E-state index contributed by atoms with van der Waals surface area (Å²) < 4.78 is 11.1. The highest BCUT2D eigenvalue weighted by molar-refractivity contribution is 6.30. The van der Waals surface area contributed by atoms with E-state index in [4.69, 9.17) is 20.9 Å². The van der Waals surface area contributed by atoms with Crippen LogP contribution in [0.5, 0.6) is 5.75 Å². The molecule has 3 rings (SSSR count). The molecule has 0 fully saturated rings. The minimum atomic E-state index is -0.685. The molecule has 1 aromatic heterocycles. The third kappa shape index (κ3) is 5.35. The predicted octanol–water partition coefficient (Wildman–Crippen LogP) is 4.90. The minimum absolute atomic E-state index is 0.0670. The molecule has 0 aliphatic rings. The molecule has 0 unspecified atom stereocenters. The summed E-state index contributed by atoms with van der Waals surface area (Å²) in [6.07, 6.45) is -0.685. The largest absolute Gasteiger partial charge is 0.481 e. The van der Waals surface area contributed by atoms with Crippen molar-refractivity contribution >= 4 is 17.5 Å². The minimum Gasteiger partial charge on any atom is -0.481 e. The fourth-order valence-corrected chi connectivity index (χ4v) is 3.01. The van der Waals surface area contributed by atoms with E-state index < -0.39 is 6.10 Å². The van der Waals surface area contributed by atoms with E-state index >= 15 is 0 Å². The quantitative estimate of drug-likeness (QED) is 0.550. The Bertz CT molecular complexity index is 969. The summed E-state index contributed by atoms with van der Waals surface area (Å²) in [5.74, 6) is 1.24. The number of benzene rings is 2. The van der Waals surface area contributed by atoms with E-state index in [0.29, 0.717) is 22.5 Å². The second-order valence-corrected chi connectivity index (χ2v) is 7.59. The van der Waals surface area contributed by atoms with Crippen molar-refractivity contribution < 1.29 is 14.1 Å². The van der Waals surface area contributed by atoms with Crippen LogP contribution in [0.15, 0.2) is 53.1 Å². The van der Waals surface area contributed by atoms with E-state index in [2.05, 4.69) is 10.1 Å². The van der Waals surface area contributed by atoms with Crippen LogP contribution < -0.4 is 4.74 Å². The van der Waals surface area contributed by atoms with Gasteiger partial charge in [0.2, 0.25) is 11.7 Å². The number of ether oxygens (including phenoxy) is 1. The zero-order valence-corrected chi connectivity index (χ0v) is 17.7. The normalized spacial score (nSPS) is 12.1. The van der Waals surface area contributed by atoms with Crippen molar-refractivity contribution in [2.24, 2.45) is 0 Å². The Labute approximate surface area is 175 Å². The van der Waals surface area contributed by atoms with Gasteiger partial charge in [-0.1, -0.05) is 52.7 Å². The summed E-state index contributed by atoms with van der Waals surface area (Å²) in [5.41, 5.74) is 2.02. The van der Waals surface area contributed by atoms with Crippen molar-refractivity contribution in [3.05, 3.63) is 65.0 Å². The van der Waals surface area contributed by atoms with Crippen molar-refractivity contribution in [1.82, 2.24) is 15.0 Å². The average molecular weight is 414 g/mol. The van der Waals surface area contributed by atoms with Crippen LogP contribution in [0.1, 0.15) is 32.2 Å². The molecule has 0 aliphatic carbocycles. The summed E-state index contributed by atoms with van der Waals surface area (Å²) in [7, 11) is 0. The number of carbonyl (C=O) groups is 1. The third-order valence-corrected chi connectivity index (χ3v) is 4.68. The van der Waals surface area contributed by atoms with E-state index in [9.17, 15) is 4.79 Å². The molecular weight excluding hydrogens is 390 g/mol. The summed E-state index contributed by atoms with van der Waals surface area (Å²) in [5, 5.41) is 4.59. The molecule has 2 aromatic carbocycles. The van der Waals surface area contributed by atoms with Crippen molar-refractivity contribution in [3.8, 4) is 17.1 Å². The van der Waals surface area contributed by atoms with Crippen molar-refractivity contribution in [2.45, 2.75) is 46.4 Å². The molecule has 1 atom stereocenters. The molecule has 0 saturated carbocycles. The molecule has 152 valence electrons. The van der Waals surface area contributed by atoms with E-state index in [1.807, 2.05) is 45.0 Å². The molecular formula is C22H24ClN3O3. The van der Waals surface area contributed by atoms with Crippen LogP contribution >= 0.6 is 11.6 Å². The summed E-state index contributed by atoms with van der Waals surface area (Å²) in [4.78, 5) is 19.1. The Hall–Kier alpha value is -2.86. The first-order valence-electron chi connectivity index (χ1n) is 9.46. The number of rotatable bonds is 7. The van der Waals surface area contributed by atoms with Gasteiger partial charge in [-0.05, 0) is 45.9 Å². The molecule has 0 spiro atoms. The topological polar surface area (TPSA) is 68.5 Å². The van der Waals surface area contributed by atoms with Gasteiger partial charge in [0.15, 0.2) is 6.10 Å². The number of hydrogen-bond acceptors (Lipinski definition) is 5. The third-order valence-electron chi connectivity index (χ3n) is 4.45. The molecule has 3 aromatic rings. The van der Waals surface area contributed by atoms with Crippen LogP contribution in [0.2, 0.25) is 5.02 Å². The highest BCUT2D eigenvalue weighted by Crippen LogP contribution is 2.21. The maximum atomic E-state index is 13.0. The first kappa shape index (κ1) is 20.9. The van der Waals surface area contributed by atoms with Gasteiger partial charge in [0.1, 0.15) is 12.3 Å². The highest BCUT2D eigenvalue weighted by atomic mass is 35.5. The molecule has 0 bridgehead atoms. The van der Waals surface area contributed by atoms with Crippen molar-refractivity contribution in [1.29, 1.82) is 0 Å². The zero-order valence-electron chi connectivity index (χ0n) is 16.9. The van der Waals surface area contributed by atoms with Gasteiger partial charge >= 0.3 is 0 Å². The van der Waals surface area contributed by atoms with Crippen molar-refractivity contribution in [2.75, 3.05) is 0 Å². The van der Waals surface area contributed by atoms with Crippen LogP contribution in [0.4, 0.5) is 0 Å². The van der Waals surface area contributed by atoms with E-state index in [1.54, 1.807) is 36.1 Å². The standard InChI is InChI=1S/C22H24ClN3O3/c1-14(2)26(22(27)16(4)28-19-7-5-6-18(23)12-19)13-20-24-21(25-29-20)17-10-8-15(3)9-11-17/h5-12,14,16H,13H2,1-4H3/t16-/m0/s1. The SMILES string of the molecule is Cc1ccc(-c2noc(CN(C(=O)[C@H](C)Oc3cccc(Cl)c3)C(C)C)n2)cc1. The van der Waals surface area contributed by atoms with E-state index in [1.165, 1.54) is 0 Å². The lowest BCUT2D eigenvalue weighted by atomic mass is 10.1. The lowest BCUT2D eigenvalue weighted by Crippen LogP contribution is -2.43. The van der Waals surface area contributed by atoms with E-state index in [-0.39, 0.29) is 18.5 Å². The molecule has 7 heteroatoms. The summed E-state index contributed by atoms with van der Waals surface area (Å²) >= 11 is 5.99. The number of carbonyl (C=O) groups excluding carboxylic acids is 1. The molecule has 1 amide bonds. The number of halogens is 1. The van der Waals surface area contributed by atoms with Gasteiger partial charge < -0.3 is 14.2 Å². The molecule has 0 radical (unpaired) electrons. The number of aromatic nitrogens is 2. The van der Waals surface area contributed by atoms with Crippen LogP contribution in [-0.2, 0) is 11.3 Å². The molecule has 29 heavy (non-hydrogen) atoms. The Morgan fingerprint density at radius 3 is 2.55 bits per heavy atom. The molecule has 1 heterocycles. The Balaban J connectivity index is 1.71. The first-order chi connectivity index (χ1) is 13.8. The maximum Gasteiger partial charge on any atom is 0.264 e.